The largest absolute Gasteiger partial charge is 0.399 e. The average molecular weight is 352 g/mol. The van der Waals surface area contributed by atoms with Crippen LogP contribution in [0.2, 0.25) is 0 Å². The fraction of sp³-hybridized carbons (Fsp3) is 0.300. The standard InChI is InChI=1S/C20H21FN4O/c21-17-7-2-5-15(11-17)19-23-20(26-24-19)16-6-3-9-25(13-16)12-14-4-1-8-18(22)10-14/h1-2,4-5,7-8,10-11,16H,3,6,9,12-13,22H2. The van der Waals surface area contributed by atoms with Gasteiger partial charge in [-0.25, -0.2) is 4.39 Å². The van der Waals surface area contributed by atoms with E-state index in [1.165, 1.54) is 17.7 Å². The third kappa shape index (κ3) is 3.75. The van der Waals surface area contributed by atoms with Crippen molar-refractivity contribution in [2.75, 3.05) is 18.8 Å². The van der Waals surface area contributed by atoms with Crippen molar-refractivity contribution >= 4 is 5.69 Å². The summed E-state index contributed by atoms with van der Waals surface area (Å²) in [5.74, 6) is 0.952. The van der Waals surface area contributed by atoms with Crippen molar-refractivity contribution in [2.24, 2.45) is 0 Å². The first-order chi connectivity index (χ1) is 12.7. The van der Waals surface area contributed by atoms with Gasteiger partial charge in [0.2, 0.25) is 11.7 Å². The Balaban J connectivity index is 1.46. The zero-order chi connectivity index (χ0) is 17.9. The Morgan fingerprint density at radius 1 is 1.19 bits per heavy atom. The summed E-state index contributed by atoms with van der Waals surface area (Å²) in [5.41, 5.74) is 8.49. The van der Waals surface area contributed by atoms with Gasteiger partial charge in [0.25, 0.3) is 0 Å². The molecule has 0 amide bonds. The van der Waals surface area contributed by atoms with Crippen molar-refractivity contribution in [3.63, 3.8) is 0 Å². The van der Waals surface area contributed by atoms with Crippen LogP contribution < -0.4 is 5.73 Å². The molecule has 0 radical (unpaired) electrons. The Labute approximate surface area is 151 Å². The van der Waals surface area contributed by atoms with Gasteiger partial charge in [0.05, 0.1) is 5.92 Å². The highest BCUT2D eigenvalue weighted by Gasteiger charge is 2.26. The molecular formula is C20H21FN4O. The van der Waals surface area contributed by atoms with E-state index < -0.39 is 0 Å². The molecule has 3 aromatic rings. The number of hydrogen-bond donors (Lipinski definition) is 1. The van der Waals surface area contributed by atoms with E-state index in [-0.39, 0.29) is 11.7 Å². The number of anilines is 1. The van der Waals surface area contributed by atoms with Gasteiger partial charge in [-0.2, -0.15) is 4.98 Å². The van der Waals surface area contributed by atoms with Crippen LogP contribution in [0.1, 0.15) is 30.2 Å². The van der Waals surface area contributed by atoms with Gasteiger partial charge in [-0.15, -0.1) is 0 Å². The normalized spacial score (nSPS) is 18.1. The predicted octanol–water partition coefficient (Wildman–Crippen LogP) is 3.84. The lowest BCUT2D eigenvalue weighted by Gasteiger charge is -2.31. The summed E-state index contributed by atoms with van der Waals surface area (Å²) < 4.78 is 18.9. The molecule has 0 aliphatic carbocycles. The second-order valence-corrected chi connectivity index (χ2v) is 6.79. The molecule has 4 rings (SSSR count). The summed E-state index contributed by atoms with van der Waals surface area (Å²) in [5, 5.41) is 4.04. The van der Waals surface area contributed by atoms with Crippen LogP contribution in [0.4, 0.5) is 10.1 Å². The van der Waals surface area contributed by atoms with E-state index >= 15 is 0 Å². The highest BCUT2D eigenvalue weighted by atomic mass is 19.1. The number of nitrogens with zero attached hydrogens (tertiary/aromatic N) is 3. The lowest BCUT2D eigenvalue weighted by atomic mass is 9.97. The van der Waals surface area contributed by atoms with Gasteiger partial charge in [-0.05, 0) is 49.2 Å². The van der Waals surface area contributed by atoms with Gasteiger partial charge in [0.1, 0.15) is 5.82 Å². The minimum absolute atomic E-state index is 0.194. The van der Waals surface area contributed by atoms with Crippen molar-refractivity contribution in [3.8, 4) is 11.4 Å². The number of nitrogen functional groups attached to an aromatic ring is 1. The molecule has 134 valence electrons. The Morgan fingerprint density at radius 3 is 2.92 bits per heavy atom. The minimum atomic E-state index is -0.306. The first-order valence-corrected chi connectivity index (χ1v) is 8.84. The Hall–Kier alpha value is -2.73. The number of hydrogen-bond acceptors (Lipinski definition) is 5. The number of piperidine rings is 1. The molecule has 0 bridgehead atoms. The topological polar surface area (TPSA) is 68.2 Å². The quantitative estimate of drug-likeness (QED) is 0.723. The summed E-state index contributed by atoms with van der Waals surface area (Å²) in [4.78, 5) is 6.89. The maximum atomic E-state index is 13.4. The fourth-order valence-corrected chi connectivity index (χ4v) is 3.50. The Morgan fingerprint density at radius 2 is 2.08 bits per heavy atom. The molecule has 1 aliphatic heterocycles. The highest BCUT2D eigenvalue weighted by Crippen LogP contribution is 2.28. The van der Waals surface area contributed by atoms with Gasteiger partial charge >= 0.3 is 0 Å². The number of halogens is 1. The third-order valence-electron chi connectivity index (χ3n) is 4.74. The SMILES string of the molecule is Nc1cccc(CN2CCCC(c3nc(-c4cccc(F)c4)no3)C2)c1. The molecular weight excluding hydrogens is 331 g/mol. The van der Waals surface area contributed by atoms with Crippen LogP contribution in [0.3, 0.4) is 0 Å². The molecule has 6 heteroatoms. The molecule has 1 atom stereocenters. The van der Waals surface area contributed by atoms with Crippen LogP contribution in [0.25, 0.3) is 11.4 Å². The summed E-state index contributed by atoms with van der Waals surface area (Å²) in [6.07, 6.45) is 2.09. The van der Waals surface area contributed by atoms with Crippen molar-refractivity contribution in [3.05, 3.63) is 65.8 Å². The zero-order valence-electron chi connectivity index (χ0n) is 14.4. The maximum Gasteiger partial charge on any atom is 0.231 e. The van der Waals surface area contributed by atoms with E-state index in [0.717, 1.165) is 38.2 Å². The third-order valence-corrected chi connectivity index (χ3v) is 4.74. The fourth-order valence-electron chi connectivity index (χ4n) is 3.50. The van der Waals surface area contributed by atoms with E-state index in [4.69, 9.17) is 10.3 Å². The van der Waals surface area contributed by atoms with E-state index in [1.807, 2.05) is 18.2 Å². The number of nitrogens with two attached hydrogens (primary N) is 1. The molecule has 2 aromatic carbocycles. The van der Waals surface area contributed by atoms with Crippen LogP contribution in [0.15, 0.2) is 53.1 Å². The van der Waals surface area contributed by atoms with Gasteiger partial charge in [0, 0.05) is 24.3 Å². The summed E-state index contributed by atoms with van der Waals surface area (Å²) in [6, 6.07) is 14.2. The van der Waals surface area contributed by atoms with Crippen LogP contribution >= 0.6 is 0 Å². The molecule has 5 nitrogen and oxygen atoms in total. The highest BCUT2D eigenvalue weighted by molar-refractivity contribution is 5.53. The number of likely N-dealkylation sites (tertiary alicyclic amines) is 1. The molecule has 1 unspecified atom stereocenters. The van der Waals surface area contributed by atoms with Crippen LogP contribution in [0, 0.1) is 5.82 Å². The van der Waals surface area contributed by atoms with Crippen LogP contribution in [-0.4, -0.2) is 28.1 Å². The van der Waals surface area contributed by atoms with Crippen LogP contribution in [0.5, 0.6) is 0 Å². The summed E-state index contributed by atoms with van der Waals surface area (Å²) in [6.45, 7) is 2.75. The summed E-state index contributed by atoms with van der Waals surface area (Å²) >= 11 is 0. The first-order valence-electron chi connectivity index (χ1n) is 8.84. The van der Waals surface area contributed by atoms with Crippen molar-refractivity contribution in [1.29, 1.82) is 0 Å². The lowest BCUT2D eigenvalue weighted by molar-refractivity contribution is 0.180. The van der Waals surface area contributed by atoms with E-state index in [2.05, 4.69) is 21.1 Å². The monoisotopic (exact) mass is 352 g/mol. The molecule has 1 aromatic heterocycles. The van der Waals surface area contributed by atoms with Crippen molar-refractivity contribution < 1.29 is 8.91 Å². The summed E-state index contributed by atoms with van der Waals surface area (Å²) in [7, 11) is 0. The first kappa shape index (κ1) is 16.7. The van der Waals surface area contributed by atoms with Crippen LogP contribution in [-0.2, 0) is 6.54 Å². The predicted molar refractivity (Wildman–Crippen MR) is 97.8 cm³/mol. The molecule has 26 heavy (non-hydrogen) atoms. The minimum Gasteiger partial charge on any atom is -0.399 e. The molecule has 1 saturated heterocycles. The van der Waals surface area contributed by atoms with E-state index in [0.29, 0.717) is 17.3 Å². The average Bonchev–Trinajstić information content (AvgIpc) is 3.12. The maximum absolute atomic E-state index is 13.4. The smallest absolute Gasteiger partial charge is 0.231 e. The number of aromatic nitrogens is 2. The molecule has 2 N–H and O–H groups in total. The van der Waals surface area contributed by atoms with Crippen molar-refractivity contribution in [2.45, 2.75) is 25.3 Å². The number of rotatable bonds is 4. The van der Waals surface area contributed by atoms with Gasteiger partial charge in [0.15, 0.2) is 0 Å². The van der Waals surface area contributed by atoms with E-state index in [1.54, 1.807) is 12.1 Å². The van der Waals surface area contributed by atoms with Crippen molar-refractivity contribution in [1.82, 2.24) is 15.0 Å². The Bertz CT molecular complexity index is 895. The molecule has 0 saturated carbocycles. The van der Waals surface area contributed by atoms with Gasteiger partial charge < -0.3 is 10.3 Å². The molecule has 1 fully saturated rings. The molecule has 2 heterocycles. The van der Waals surface area contributed by atoms with Gasteiger partial charge in [-0.1, -0.05) is 29.4 Å². The second kappa shape index (κ2) is 7.25. The molecule has 1 aliphatic rings. The Kier molecular flexibility index (Phi) is 4.67. The lowest BCUT2D eigenvalue weighted by Crippen LogP contribution is -2.34. The zero-order valence-corrected chi connectivity index (χ0v) is 14.4. The second-order valence-electron chi connectivity index (χ2n) is 6.79. The van der Waals surface area contributed by atoms with Gasteiger partial charge in [-0.3, -0.25) is 4.90 Å². The molecule has 0 spiro atoms. The van der Waals surface area contributed by atoms with E-state index in [9.17, 15) is 4.39 Å². The number of benzene rings is 2.